The number of hydrogen-bond donors (Lipinski definition) is 1. The van der Waals surface area contributed by atoms with Gasteiger partial charge in [0.25, 0.3) is 0 Å². The third-order valence-electron chi connectivity index (χ3n) is 6.34. The Morgan fingerprint density at radius 3 is 1.58 bits per heavy atom. The maximum absolute atomic E-state index is 9.42. The molecule has 2 fully saturated rings. The minimum atomic E-state index is -0.347. The molecule has 0 aromatic heterocycles. The molecule has 1 N–H and O–H groups in total. The SMILES string of the molecule is C#Cc1ccc([C@H](CC)OC2CCCCO2)cc1.C#Cc1ccc([C@H](CO)OC2CCCCO2)cc1. The van der Waals surface area contributed by atoms with Crippen molar-refractivity contribution >= 4 is 0 Å². The van der Waals surface area contributed by atoms with Gasteiger partial charge in [-0.2, -0.15) is 0 Å². The van der Waals surface area contributed by atoms with Gasteiger partial charge in [0.15, 0.2) is 12.6 Å². The lowest BCUT2D eigenvalue weighted by Crippen LogP contribution is -2.25. The van der Waals surface area contributed by atoms with Gasteiger partial charge in [0.1, 0.15) is 6.10 Å². The summed E-state index contributed by atoms with van der Waals surface area (Å²) < 4.78 is 22.9. The second kappa shape index (κ2) is 15.5. The monoisotopic (exact) mass is 490 g/mol. The molecule has 2 heterocycles. The van der Waals surface area contributed by atoms with E-state index in [-0.39, 0.29) is 31.4 Å². The smallest absolute Gasteiger partial charge is 0.158 e. The summed E-state index contributed by atoms with van der Waals surface area (Å²) in [5, 5.41) is 9.42. The first-order valence-electron chi connectivity index (χ1n) is 12.9. The first-order valence-corrected chi connectivity index (χ1v) is 12.9. The van der Waals surface area contributed by atoms with Crippen LogP contribution < -0.4 is 0 Å². The third-order valence-corrected chi connectivity index (χ3v) is 6.34. The van der Waals surface area contributed by atoms with Gasteiger partial charge in [-0.1, -0.05) is 43.0 Å². The molecule has 5 heteroatoms. The van der Waals surface area contributed by atoms with Crippen LogP contribution in [0.25, 0.3) is 0 Å². The molecule has 2 saturated heterocycles. The van der Waals surface area contributed by atoms with Crippen LogP contribution in [0, 0.1) is 24.7 Å². The van der Waals surface area contributed by atoms with E-state index in [4.69, 9.17) is 31.8 Å². The van der Waals surface area contributed by atoms with E-state index in [0.29, 0.717) is 0 Å². The highest BCUT2D eigenvalue weighted by Gasteiger charge is 2.21. The highest BCUT2D eigenvalue weighted by molar-refractivity contribution is 5.35. The summed E-state index contributed by atoms with van der Waals surface area (Å²) in [7, 11) is 0. The Morgan fingerprint density at radius 1 is 0.778 bits per heavy atom. The largest absolute Gasteiger partial charge is 0.393 e. The van der Waals surface area contributed by atoms with Crippen molar-refractivity contribution in [3.8, 4) is 24.7 Å². The number of terminal acetylenes is 2. The molecule has 0 amide bonds. The van der Waals surface area contributed by atoms with Gasteiger partial charge in [-0.05, 0) is 80.3 Å². The fraction of sp³-hybridized carbons (Fsp3) is 0.484. The van der Waals surface area contributed by atoms with Crippen molar-refractivity contribution in [1.82, 2.24) is 0 Å². The van der Waals surface area contributed by atoms with E-state index >= 15 is 0 Å². The molecular formula is C31H38O5. The van der Waals surface area contributed by atoms with Gasteiger partial charge in [-0.25, -0.2) is 0 Å². The Kier molecular flexibility index (Phi) is 12.0. The quantitative estimate of drug-likeness (QED) is 0.467. The van der Waals surface area contributed by atoms with Crippen LogP contribution in [0.1, 0.15) is 86.3 Å². The topological polar surface area (TPSA) is 57.2 Å². The number of benzene rings is 2. The zero-order valence-corrected chi connectivity index (χ0v) is 21.2. The summed E-state index contributed by atoms with van der Waals surface area (Å²) in [5.41, 5.74) is 3.82. The van der Waals surface area contributed by atoms with Crippen LogP contribution in [0.2, 0.25) is 0 Å². The van der Waals surface area contributed by atoms with Crippen LogP contribution in [0.5, 0.6) is 0 Å². The van der Waals surface area contributed by atoms with Crippen LogP contribution in [-0.2, 0) is 18.9 Å². The second-order valence-electron chi connectivity index (χ2n) is 8.97. The molecule has 2 aromatic carbocycles. The van der Waals surface area contributed by atoms with Crippen molar-refractivity contribution in [3.05, 3.63) is 70.8 Å². The predicted octanol–water partition coefficient (Wildman–Crippen LogP) is 5.91. The molecule has 2 unspecified atom stereocenters. The van der Waals surface area contributed by atoms with Gasteiger partial charge in [0.05, 0.1) is 12.7 Å². The minimum Gasteiger partial charge on any atom is -0.393 e. The van der Waals surface area contributed by atoms with Gasteiger partial charge in [-0.3, -0.25) is 0 Å². The van der Waals surface area contributed by atoms with Crippen molar-refractivity contribution in [2.75, 3.05) is 19.8 Å². The van der Waals surface area contributed by atoms with Crippen LogP contribution >= 0.6 is 0 Å². The molecular weight excluding hydrogens is 452 g/mol. The molecule has 0 aliphatic carbocycles. The number of rotatable bonds is 8. The summed E-state index contributed by atoms with van der Waals surface area (Å²) in [6, 6.07) is 15.5. The molecule has 4 rings (SSSR count). The van der Waals surface area contributed by atoms with Gasteiger partial charge < -0.3 is 24.1 Å². The normalized spacial score (nSPS) is 21.2. The van der Waals surface area contributed by atoms with Crippen molar-refractivity contribution in [2.24, 2.45) is 0 Å². The predicted molar refractivity (Wildman–Crippen MR) is 141 cm³/mol. The minimum absolute atomic E-state index is 0.0454. The van der Waals surface area contributed by atoms with Crippen LogP contribution in [0.3, 0.4) is 0 Å². The average Bonchev–Trinajstić information content (AvgIpc) is 2.96. The van der Waals surface area contributed by atoms with E-state index in [1.165, 1.54) is 12.0 Å². The van der Waals surface area contributed by atoms with Crippen molar-refractivity contribution < 1.29 is 24.1 Å². The Hall–Kier alpha value is -2.64. The summed E-state index contributed by atoms with van der Waals surface area (Å²) in [6.45, 7) is 3.62. The maximum Gasteiger partial charge on any atom is 0.158 e. The summed E-state index contributed by atoms with van der Waals surface area (Å²) >= 11 is 0. The van der Waals surface area contributed by atoms with E-state index in [0.717, 1.165) is 68.4 Å². The zero-order valence-electron chi connectivity index (χ0n) is 21.2. The lowest BCUT2D eigenvalue weighted by molar-refractivity contribution is -0.196. The molecule has 0 radical (unpaired) electrons. The van der Waals surface area contributed by atoms with E-state index < -0.39 is 0 Å². The molecule has 0 bridgehead atoms. The molecule has 5 nitrogen and oxygen atoms in total. The zero-order chi connectivity index (χ0) is 25.6. The number of ether oxygens (including phenoxy) is 4. The Labute approximate surface area is 216 Å². The Balaban J connectivity index is 0.000000201. The highest BCUT2D eigenvalue weighted by atomic mass is 16.7. The van der Waals surface area contributed by atoms with E-state index in [1.54, 1.807) is 0 Å². The van der Waals surface area contributed by atoms with E-state index in [9.17, 15) is 5.11 Å². The Morgan fingerprint density at radius 2 is 1.22 bits per heavy atom. The fourth-order valence-corrected chi connectivity index (χ4v) is 4.23. The molecule has 192 valence electrons. The van der Waals surface area contributed by atoms with Gasteiger partial charge in [0, 0.05) is 24.3 Å². The number of hydrogen-bond acceptors (Lipinski definition) is 5. The van der Waals surface area contributed by atoms with Crippen molar-refractivity contribution in [2.45, 2.75) is 76.7 Å². The lowest BCUT2D eigenvalue weighted by atomic mass is 10.0. The summed E-state index contributed by atoms with van der Waals surface area (Å²) in [6.07, 6.45) is 17.5. The van der Waals surface area contributed by atoms with Gasteiger partial charge in [-0.15, -0.1) is 12.8 Å². The molecule has 2 aliphatic heterocycles. The third kappa shape index (κ3) is 8.79. The molecule has 0 saturated carbocycles. The number of aliphatic hydroxyl groups excluding tert-OH is 1. The fourth-order valence-electron chi connectivity index (χ4n) is 4.23. The highest BCUT2D eigenvalue weighted by Crippen LogP contribution is 2.27. The Bertz CT molecular complexity index is 877. The standard InChI is InChI=1S/C16H20O2.C15H18O3/c1-3-13-8-10-14(11-9-13)15(4-2)18-16-7-5-6-12-17-16;1-2-12-6-8-13(9-7-12)14(11-16)18-15-5-3-4-10-17-15/h1,8-11,15-16H,4-7,12H2,2H3;1,6-9,14-16H,3-5,10-11H2/t15-,16?;14-,15?/m00/s1. The van der Waals surface area contributed by atoms with Crippen LogP contribution in [0.4, 0.5) is 0 Å². The first kappa shape index (κ1) is 27.9. The van der Waals surface area contributed by atoms with Crippen molar-refractivity contribution in [1.29, 1.82) is 0 Å². The molecule has 0 spiro atoms. The van der Waals surface area contributed by atoms with Crippen LogP contribution in [-0.4, -0.2) is 37.5 Å². The summed E-state index contributed by atoms with van der Waals surface area (Å²) in [4.78, 5) is 0. The van der Waals surface area contributed by atoms with E-state index in [1.807, 2.05) is 48.5 Å². The molecule has 2 aliphatic rings. The maximum atomic E-state index is 9.42. The molecule has 2 aromatic rings. The second-order valence-corrected chi connectivity index (χ2v) is 8.97. The van der Waals surface area contributed by atoms with Crippen LogP contribution in [0.15, 0.2) is 48.5 Å². The van der Waals surface area contributed by atoms with Crippen molar-refractivity contribution in [3.63, 3.8) is 0 Å². The van der Waals surface area contributed by atoms with Gasteiger partial charge in [0.2, 0.25) is 0 Å². The first-order chi connectivity index (χ1) is 17.7. The number of aliphatic hydroxyl groups is 1. The average molecular weight is 491 g/mol. The molecule has 4 atom stereocenters. The molecule has 36 heavy (non-hydrogen) atoms. The lowest BCUT2D eigenvalue weighted by Gasteiger charge is -2.27. The van der Waals surface area contributed by atoms with E-state index in [2.05, 4.69) is 18.8 Å². The van der Waals surface area contributed by atoms with Gasteiger partial charge >= 0.3 is 0 Å². The summed E-state index contributed by atoms with van der Waals surface area (Å²) in [5.74, 6) is 5.19.